The van der Waals surface area contributed by atoms with Crippen molar-refractivity contribution >= 4 is 23.4 Å². The lowest BCUT2D eigenvalue weighted by atomic mass is 10.2. The minimum Gasteiger partial charge on any atom is -0.484 e. The van der Waals surface area contributed by atoms with Crippen LogP contribution in [0, 0.1) is 18.3 Å². The molecule has 0 aliphatic rings. The van der Waals surface area contributed by atoms with Crippen LogP contribution in [0.4, 0.5) is 5.69 Å². The molecule has 1 heterocycles. The zero-order chi connectivity index (χ0) is 19.1. The van der Waals surface area contributed by atoms with Gasteiger partial charge in [-0.2, -0.15) is 5.26 Å². The molecule has 1 aromatic heterocycles. The molecule has 0 saturated carbocycles. The molecule has 0 atom stereocenters. The summed E-state index contributed by atoms with van der Waals surface area (Å²) in [4.78, 5) is 12.1. The Morgan fingerprint density at radius 3 is 2.81 bits per heavy atom. The summed E-state index contributed by atoms with van der Waals surface area (Å²) in [6, 6.07) is 16.5. The summed E-state index contributed by atoms with van der Waals surface area (Å²) < 4.78 is 11.1. The number of aromatic nitrogens is 2. The number of thioether (sulfide) groups is 1. The summed E-state index contributed by atoms with van der Waals surface area (Å²) >= 11 is 1.12. The molecule has 0 saturated heterocycles. The van der Waals surface area contributed by atoms with E-state index in [4.69, 9.17) is 14.4 Å². The van der Waals surface area contributed by atoms with Gasteiger partial charge < -0.3 is 14.5 Å². The second-order valence-electron chi connectivity index (χ2n) is 5.51. The average Bonchev–Trinajstić information content (AvgIpc) is 3.14. The number of nitrogens with zero attached hydrogens (tertiary/aromatic N) is 3. The molecule has 8 heteroatoms. The third kappa shape index (κ3) is 5.09. The van der Waals surface area contributed by atoms with Gasteiger partial charge in [0, 0.05) is 0 Å². The standard InChI is InChI=1S/C19H16N4O3S/c1-13-6-2-5-9-16(13)25-11-18-22-23-19(26-18)27-12-17(24)21-15-8-4-3-7-14(15)10-20/h2-9H,11-12H2,1H3,(H,21,24). The fraction of sp³-hybridized carbons (Fsp3) is 0.158. The highest BCUT2D eigenvalue weighted by molar-refractivity contribution is 7.99. The topological polar surface area (TPSA) is 101 Å². The summed E-state index contributed by atoms with van der Waals surface area (Å²) in [7, 11) is 0. The molecule has 7 nitrogen and oxygen atoms in total. The Bertz CT molecular complexity index is 981. The van der Waals surface area contributed by atoms with E-state index in [0.717, 1.165) is 23.1 Å². The maximum absolute atomic E-state index is 12.1. The van der Waals surface area contributed by atoms with E-state index in [9.17, 15) is 4.79 Å². The first kappa shape index (κ1) is 18.5. The minimum atomic E-state index is -0.265. The Hall–Kier alpha value is -3.31. The predicted molar refractivity (Wildman–Crippen MR) is 100 cm³/mol. The number of aryl methyl sites for hydroxylation is 1. The molecule has 136 valence electrons. The molecular weight excluding hydrogens is 364 g/mol. The van der Waals surface area contributed by atoms with Gasteiger partial charge in [-0.1, -0.05) is 42.1 Å². The monoisotopic (exact) mass is 380 g/mol. The molecule has 1 N–H and O–H groups in total. The van der Waals surface area contributed by atoms with Crippen LogP contribution in [-0.4, -0.2) is 21.9 Å². The third-order valence-corrected chi connectivity index (χ3v) is 4.36. The molecule has 0 bridgehead atoms. The second kappa shape index (κ2) is 8.87. The van der Waals surface area contributed by atoms with Crippen LogP contribution in [0.15, 0.2) is 58.2 Å². The van der Waals surface area contributed by atoms with Crippen LogP contribution in [0.1, 0.15) is 17.0 Å². The number of carbonyl (C=O) groups is 1. The fourth-order valence-electron chi connectivity index (χ4n) is 2.22. The van der Waals surface area contributed by atoms with E-state index in [2.05, 4.69) is 15.5 Å². The van der Waals surface area contributed by atoms with E-state index in [0.29, 0.717) is 17.1 Å². The first-order chi connectivity index (χ1) is 13.2. The highest BCUT2D eigenvalue weighted by Crippen LogP contribution is 2.20. The second-order valence-corrected chi connectivity index (χ2v) is 6.44. The van der Waals surface area contributed by atoms with Gasteiger partial charge in [0.25, 0.3) is 11.1 Å². The van der Waals surface area contributed by atoms with E-state index in [1.165, 1.54) is 0 Å². The van der Waals surface area contributed by atoms with Gasteiger partial charge >= 0.3 is 0 Å². The van der Waals surface area contributed by atoms with Gasteiger partial charge in [0.1, 0.15) is 11.8 Å². The van der Waals surface area contributed by atoms with Crippen molar-refractivity contribution in [3.05, 3.63) is 65.5 Å². The van der Waals surface area contributed by atoms with Gasteiger partial charge in [-0.05, 0) is 30.7 Å². The van der Waals surface area contributed by atoms with Crippen LogP contribution in [0.2, 0.25) is 0 Å². The molecule has 2 aromatic carbocycles. The molecule has 3 rings (SSSR count). The lowest BCUT2D eigenvalue weighted by Gasteiger charge is -2.06. The summed E-state index contributed by atoms with van der Waals surface area (Å²) in [6.45, 7) is 2.10. The first-order valence-electron chi connectivity index (χ1n) is 8.08. The number of nitriles is 1. The van der Waals surface area contributed by atoms with Crippen molar-refractivity contribution in [2.75, 3.05) is 11.1 Å². The van der Waals surface area contributed by atoms with Crippen LogP contribution in [0.5, 0.6) is 5.75 Å². The summed E-state index contributed by atoms with van der Waals surface area (Å²) in [5, 5.41) is 19.8. The molecule has 0 unspecified atom stereocenters. The van der Waals surface area contributed by atoms with E-state index in [-0.39, 0.29) is 23.5 Å². The van der Waals surface area contributed by atoms with E-state index in [1.807, 2.05) is 37.3 Å². The molecule has 0 spiro atoms. The van der Waals surface area contributed by atoms with Crippen molar-refractivity contribution in [1.82, 2.24) is 10.2 Å². The van der Waals surface area contributed by atoms with Gasteiger partial charge in [-0.25, -0.2) is 0 Å². The number of carbonyl (C=O) groups excluding carboxylic acids is 1. The fourth-order valence-corrected chi connectivity index (χ4v) is 2.80. The van der Waals surface area contributed by atoms with Crippen molar-refractivity contribution in [3.63, 3.8) is 0 Å². The molecule has 0 fully saturated rings. The van der Waals surface area contributed by atoms with Crippen molar-refractivity contribution in [1.29, 1.82) is 5.26 Å². The van der Waals surface area contributed by atoms with Crippen molar-refractivity contribution in [2.45, 2.75) is 18.8 Å². The quantitative estimate of drug-likeness (QED) is 0.625. The highest BCUT2D eigenvalue weighted by Gasteiger charge is 2.12. The van der Waals surface area contributed by atoms with Crippen LogP contribution in [-0.2, 0) is 11.4 Å². The molecule has 0 radical (unpaired) electrons. The first-order valence-corrected chi connectivity index (χ1v) is 9.07. The largest absolute Gasteiger partial charge is 0.484 e. The Kier molecular flexibility index (Phi) is 6.07. The molecule has 3 aromatic rings. The predicted octanol–water partition coefficient (Wildman–Crippen LogP) is 3.56. The number of hydrogen-bond donors (Lipinski definition) is 1. The van der Waals surface area contributed by atoms with Gasteiger partial charge in [-0.3, -0.25) is 4.79 Å². The number of ether oxygens (including phenoxy) is 1. The number of para-hydroxylation sites is 2. The molecular formula is C19H16N4O3S. The Morgan fingerprint density at radius 1 is 1.22 bits per heavy atom. The number of hydrogen-bond acceptors (Lipinski definition) is 7. The van der Waals surface area contributed by atoms with E-state index < -0.39 is 0 Å². The molecule has 0 aliphatic heterocycles. The van der Waals surface area contributed by atoms with Gasteiger partial charge in [0.15, 0.2) is 6.61 Å². The summed E-state index contributed by atoms with van der Waals surface area (Å²) in [5.74, 6) is 0.898. The maximum atomic E-state index is 12.1. The SMILES string of the molecule is Cc1ccccc1OCc1nnc(SCC(=O)Nc2ccccc2C#N)o1. The van der Waals surface area contributed by atoms with Crippen molar-refractivity contribution in [3.8, 4) is 11.8 Å². The smallest absolute Gasteiger partial charge is 0.277 e. The zero-order valence-electron chi connectivity index (χ0n) is 14.5. The molecule has 0 aliphatic carbocycles. The average molecular weight is 380 g/mol. The van der Waals surface area contributed by atoms with Crippen LogP contribution < -0.4 is 10.1 Å². The summed E-state index contributed by atoms with van der Waals surface area (Å²) in [5.41, 5.74) is 1.90. The van der Waals surface area contributed by atoms with Gasteiger partial charge in [-0.15, -0.1) is 10.2 Å². The van der Waals surface area contributed by atoms with Gasteiger partial charge in [0.2, 0.25) is 5.91 Å². The van der Waals surface area contributed by atoms with Gasteiger partial charge in [0.05, 0.1) is 17.0 Å². The van der Waals surface area contributed by atoms with E-state index in [1.54, 1.807) is 24.3 Å². The van der Waals surface area contributed by atoms with Crippen molar-refractivity contribution in [2.24, 2.45) is 0 Å². The van der Waals surface area contributed by atoms with E-state index >= 15 is 0 Å². The lowest BCUT2D eigenvalue weighted by molar-refractivity contribution is -0.113. The van der Waals surface area contributed by atoms with Crippen LogP contribution in [0.3, 0.4) is 0 Å². The number of rotatable bonds is 7. The third-order valence-electron chi connectivity index (χ3n) is 3.54. The van der Waals surface area contributed by atoms with Crippen LogP contribution >= 0.6 is 11.8 Å². The maximum Gasteiger partial charge on any atom is 0.277 e. The molecule has 1 amide bonds. The number of benzene rings is 2. The van der Waals surface area contributed by atoms with Crippen molar-refractivity contribution < 1.29 is 13.9 Å². The Morgan fingerprint density at radius 2 is 2.00 bits per heavy atom. The number of anilines is 1. The lowest BCUT2D eigenvalue weighted by Crippen LogP contribution is -2.14. The Labute approximate surface area is 160 Å². The van der Waals surface area contributed by atoms with Crippen LogP contribution in [0.25, 0.3) is 0 Å². The number of nitrogens with one attached hydrogen (secondary N) is 1. The zero-order valence-corrected chi connectivity index (χ0v) is 15.3. The highest BCUT2D eigenvalue weighted by atomic mass is 32.2. The minimum absolute atomic E-state index is 0.0834. The Balaban J connectivity index is 1.50. The summed E-state index contributed by atoms with van der Waals surface area (Å²) in [6.07, 6.45) is 0. The normalized spacial score (nSPS) is 10.2. The molecule has 27 heavy (non-hydrogen) atoms. The number of amides is 1.